The summed E-state index contributed by atoms with van der Waals surface area (Å²) in [4.78, 5) is 13.3. The van der Waals surface area contributed by atoms with Crippen LogP contribution in [0.4, 0.5) is 5.69 Å². The van der Waals surface area contributed by atoms with Crippen LogP contribution < -0.4 is 5.32 Å². The summed E-state index contributed by atoms with van der Waals surface area (Å²) >= 11 is 2.71. The smallest absolute Gasteiger partial charge is 0.243 e. The Morgan fingerprint density at radius 3 is 2.79 bits per heavy atom. The zero-order valence-corrected chi connectivity index (χ0v) is 19.6. The molecule has 0 saturated carbocycles. The number of carbonyl (C=O) groups is 1. The van der Waals surface area contributed by atoms with Gasteiger partial charge in [0, 0.05) is 13.1 Å². The highest BCUT2D eigenvalue weighted by Gasteiger charge is 2.27. The number of phenolic OH excluding ortho intramolecular Hbond substituents is 1. The van der Waals surface area contributed by atoms with Crippen molar-refractivity contribution in [3.63, 3.8) is 0 Å². The highest BCUT2D eigenvalue weighted by atomic mass is 32.2. The summed E-state index contributed by atoms with van der Waals surface area (Å²) in [5, 5.41) is 21.7. The van der Waals surface area contributed by atoms with E-state index in [0.29, 0.717) is 18.4 Å². The maximum atomic E-state index is 12.9. The summed E-state index contributed by atoms with van der Waals surface area (Å²) in [5.74, 6) is -0.624. The molecule has 0 aliphatic carbocycles. The highest BCUT2D eigenvalue weighted by Crippen LogP contribution is 2.31. The molecule has 1 saturated heterocycles. The van der Waals surface area contributed by atoms with E-state index in [1.54, 1.807) is 0 Å². The Morgan fingerprint density at radius 2 is 1.97 bits per heavy atom. The Balaban J connectivity index is 1.31. The number of amides is 1. The molecule has 0 unspecified atom stereocenters. The molecule has 2 N–H and O–H groups in total. The molecule has 1 aliphatic heterocycles. The molecule has 2 aromatic heterocycles. The van der Waals surface area contributed by atoms with Crippen LogP contribution in [-0.4, -0.2) is 70.4 Å². The van der Waals surface area contributed by atoms with Gasteiger partial charge in [0.25, 0.3) is 0 Å². The number of benzene rings is 2. The van der Waals surface area contributed by atoms with Crippen LogP contribution in [-0.2, 0) is 19.6 Å². The molecule has 0 radical (unpaired) electrons. The third-order valence-electron chi connectivity index (χ3n) is 5.09. The lowest BCUT2D eigenvalue weighted by atomic mass is 10.3. The van der Waals surface area contributed by atoms with Crippen molar-refractivity contribution in [2.75, 3.05) is 37.4 Å². The zero-order chi connectivity index (χ0) is 23.0. The lowest BCUT2D eigenvalue weighted by Crippen LogP contribution is -2.40. The van der Waals surface area contributed by atoms with Gasteiger partial charge in [-0.15, -0.1) is 10.2 Å². The quantitative estimate of drug-likeness (QED) is 0.302. The molecule has 172 valence electrons. The van der Waals surface area contributed by atoms with E-state index in [1.165, 1.54) is 45.6 Å². The van der Waals surface area contributed by atoms with Crippen LogP contribution in [0.3, 0.4) is 0 Å². The Labute approximate surface area is 197 Å². The van der Waals surface area contributed by atoms with Gasteiger partial charge in [-0.2, -0.15) is 4.31 Å². The van der Waals surface area contributed by atoms with E-state index in [4.69, 9.17) is 4.74 Å². The monoisotopic (exact) mass is 505 g/mol. The number of sulfonamides is 1. The predicted octanol–water partition coefficient (Wildman–Crippen LogP) is 2.40. The first kappa shape index (κ1) is 22.1. The summed E-state index contributed by atoms with van der Waals surface area (Å²) in [6.45, 7) is 1.16. The minimum Gasteiger partial charge on any atom is -0.506 e. The molecule has 13 heteroatoms. The summed E-state index contributed by atoms with van der Waals surface area (Å²) in [6, 6.07) is 11.7. The largest absolute Gasteiger partial charge is 0.506 e. The minimum atomic E-state index is -3.76. The van der Waals surface area contributed by atoms with Crippen LogP contribution in [0.1, 0.15) is 0 Å². The molecule has 1 aliphatic rings. The van der Waals surface area contributed by atoms with Gasteiger partial charge < -0.3 is 15.2 Å². The molecule has 4 aromatic rings. The first-order valence-electron chi connectivity index (χ1n) is 10.00. The number of aromatic hydroxyl groups is 1. The second-order valence-electron chi connectivity index (χ2n) is 7.20. The Bertz CT molecular complexity index is 1440. The maximum absolute atomic E-state index is 12.9. The molecule has 0 bridgehead atoms. The Hall–Kier alpha value is -2.71. The third kappa shape index (κ3) is 4.29. The molecule has 3 heterocycles. The maximum Gasteiger partial charge on any atom is 0.243 e. The lowest BCUT2D eigenvalue weighted by molar-refractivity contribution is -0.113. The number of hydrogen-bond acceptors (Lipinski definition) is 9. The van der Waals surface area contributed by atoms with E-state index in [9.17, 15) is 18.3 Å². The van der Waals surface area contributed by atoms with Gasteiger partial charge in [-0.25, -0.2) is 8.42 Å². The van der Waals surface area contributed by atoms with Crippen molar-refractivity contribution in [1.29, 1.82) is 0 Å². The van der Waals surface area contributed by atoms with Crippen molar-refractivity contribution < 1.29 is 23.1 Å². The van der Waals surface area contributed by atoms with E-state index < -0.39 is 15.9 Å². The van der Waals surface area contributed by atoms with Gasteiger partial charge in [0.1, 0.15) is 5.75 Å². The van der Waals surface area contributed by atoms with Crippen molar-refractivity contribution in [2.45, 2.75) is 10.1 Å². The summed E-state index contributed by atoms with van der Waals surface area (Å²) in [6.07, 6.45) is 0. The van der Waals surface area contributed by atoms with Crippen LogP contribution in [0, 0.1) is 0 Å². The van der Waals surface area contributed by atoms with E-state index in [1.807, 2.05) is 28.7 Å². The number of ether oxygens (including phenoxy) is 1. The molecule has 33 heavy (non-hydrogen) atoms. The number of fused-ring (bicyclic) bond motifs is 3. The average Bonchev–Trinajstić information content (AvgIpc) is 3.39. The van der Waals surface area contributed by atoms with E-state index in [-0.39, 0.29) is 35.2 Å². The fourth-order valence-electron chi connectivity index (χ4n) is 3.48. The first-order valence-corrected chi connectivity index (χ1v) is 13.2. The fraction of sp³-hybridized carbons (Fsp3) is 0.250. The summed E-state index contributed by atoms with van der Waals surface area (Å²) in [5.41, 5.74) is 0.992. The number of rotatable bonds is 6. The molecule has 0 atom stereocenters. The first-order chi connectivity index (χ1) is 15.9. The number of phenols is 1. The van der Waals surface area contributed by atoms with Crippen molar-refractivity contribution in [2.24, 2.45) is 0 Å². The average molecular weight is 506 g/mol. The standard InChI is InChI=1S/C20H19N5O5S3/c26-16-6-5-13(33(28,29)24-7-9-30-10-8-24)11-14(16)21-18(27)12-31-19-22-23-20-25(19)15-3-1-2-4-17(15)32-20/h1-6,11,26H,7-10,12H2,(H,21,27). The number of hydrogen-bond donors (Lipinski definition) is 2. The van der Waals surface area contributed by atoms with Gasteiger partial charge in [-0.1, -0.05) is 35.2 Å². The fourth-order valence-corrected chi connectivity index (χ4v) is 6.68. The van der Waals surface area contributed by atoms with Gasteiger partial charge in [-0.3, -0.25) is 9.20 Å². The van der Waals surface area contributed by atoms with Crippen molar-refractivity contribution >= 4 is 59.9 Å². The third-order valence-corrected chi connectivity index (χ3v) is 8.93. The second kappa shape index (κ2) is 8.91. The highest BCUT2D eigenvalue weighted by molar-refractivity contribution is 7.99. The van der Waals surface area contributed by atoms with Gasteiger partial charge in [0.05, 0.1) is 39.8 Å². The Morgan fingerprint density at radius 1 is 1.18 bits per heavy atom. The van der Waals surface area contributed by atoms with Crippen LogP contribution in [0.5, 0.6) is 5.75 Å². The summed E-state index contributed by atoms with van der Waals surface area (Å²) < 4.78 is 35.3. The number of morpholine rings is 1. The van der Waals surface area contributed by atoms with Gasteiger partial charge in [-0.05, 0) is 30.3 Å². The molecule has 2 aromatic carbocycles. The van der Waals surface area contributed by atoms with E-state index >= 15 is 0 Å². The Kier molecular flexibility index (Phi) is 5.97. The molecular weight excluding hydrogens is 486 g/mol. The SMILES string of the molecule is O=C(CSc1nnc2sc3ccccc3n12)Nc1cc(S(=O)(=O)N2CCOCC2)ccc1O. The van der Waals surface area contributed by atoms with E-state index in [2.05, 4.69) is 15.5 Å². The molecule has 5 rings (SSSR count). The minimum absolute atomic E-state index is 0.00481. The topological polar surface area (TPSA) is 126 Å². The number of carbonyl (C=O) groups excluding carboxylic acids is 1. The zero-order valence-electron chi connectivity index (χ0n) is 17.2. The van der Waals surface area contributed by atoms with Gasteiger partial charge in [0.2, 0.25) is 20.9 Å². The van der Waals surface area contributed by atoms with Crippen LogP contribution in [0.15, 0.2) is 52.5 Å². The number of thiazole rings is 1. The molecule has 1 amide bonds. The molecule has 1 fully saturated rings. The van der Waals surface area contributed by atoms with Gasteiger partial charge in [0.15, 0.2) is 5.16 Å². The van der Waals surface area contributed by atoms with Crippen molar-refractivity contribution in [1.82, 2.24) is 18.9 Å². The number of aromatic nitrogens is 3. The van der Waals surface area contributed by atoms with Crippen LogP contribution in [0.25, 0.3) is 15.2 Å². The molecule has 10 nitrogen and oxygen atoms in total. The number of anilines is 1. The molecule has 0 spiro atoms. The predicted molar refractivity (Wildman–Crippen MR) is 125 cm³/mol. The number of para-hydroxylation sites is 1. The lowest BCUT2D eigenvalue weighted by Gasteiger charge is -2.26. The summed E-state index contributed by atoms with van der Waals surface area (Å²) in [7, 11) is -3.76. The van der Waals surface area contributed by atoms with E-state index in [0.717, 1.165) is 15.2 Å². The second-order valence-corrected chi connectivity index (χ2v) is 11.1. The van der Waals surface area contributed by atoms with Crippen molar-refractivity contribution in [3.8, 4) is 5.75 Å². The number of nitrogens with zero attached hydrogens (tertiary/aromatic N) is 4. The normalized spacial score (nSPS) is 15.3. The van der Waals surface area contributed by atoms with Crippen LogP contribution >= 0.6 is 23.1 Å². The van der Waals surface area contributed by atoms with Gasteiger partial charge >= 0.3 is 0 Å². The van der Waals surface area contributed by atoms with Crippen molar-refractivity contribution in [3.05, 3.63) is 42.5 Å². The number of thioether (sulfide) groups is 1. The number of nitrogens with one attached hydrogen (secondary N) is 1. The van der Waals surface area contributed by atoms with Crippen LogP contribution in [0.2, 0.25) is 0 Å². The molecular formula is C20H19N5O5S3.